The van der Waals surface area contributed by atoms with E-state index < -0.39 is 0 Å². The first-order valence-corrected chi connectivity index (χ1v) is 16.6. The quantitative estimate of drug-likeness (QED) is 0.199. The van der Waals surface area contributed by atoms with Gasteiger partial charge in [-0.3, -0.25) is 9.88 Å². The highest BCUT2D eigenvalue weighted by molar-refractivity contribution is 6.07. The molecule has 1 N–H and O–H groups in total. The van der Waals surface area contributed by atoms with E-state index in [9.17, 15) is 5.11 Å². The Morgan fingerprint density at radius 3 is 2.22 bits per heavy atom. The summed E-state index contributed by atoms with van der Waals surface area (Å²) in [4.78, 5) is 21.8. The zero-order valence-electron chi connectivity index (χ0n) is 29.3. The molecular weight excluding hydrogens is 606 g/mol. The average Bonchev–Trinajstić information content (AvgIpc) is 3.44. The van der Waals surface area contributed by atoms with Crippen LogP contribution < -0.4 is 4.90 Å². The molecule has 246 valence electrons. The smallest absolute Gasteiger partial charge is 0.180 e. The fourth-order valence-corrected chi connectivity index (χ4v) is 6.39. The molecular formula is C42H41N5O2. The summed E-state index contributed by atoms with van der Waals surface area (Å²) in [5.41, 5.74) is 9.25. The van der Waals surface area contributed by atoms with Gasteiger partial charge in [0.25, 0.3) is 0 Å². The molecule has 49 heavy (non-hydrogen) atoms. The van der Waals surface area contributed by atoms with Crippen LogP contribution in [-0.2, 0) is 10.8 Å². The van der Waals surface area contributed by atoms with Crippen LogP contribution in [0.5, 0.6) is 5.75 Å². The number of phenols is 1. The zero-order valence-corrected chi connectivity index (χ0v) is 29.3. The van der Waals surface area contributed by atoms with Crippen LogP contribution in [-0.4, -0.2) is 25.0 Å². The predicted octanol–water partition coefficient (Wildman–Crippen LogP) is 10.9. The predicted molar refractivity (Wildman–Crippen MR) is 199 cm³/mol. The first-order valence-electron chi connectivity index (χ1n) is 16.6. The molecule has 0 unspecified atom stereocenters. The van der Waals surface area contributed by atoms with Crippen LogP contribution in [0.25, 0.3) is 44.7 Å². The van der Waals surface area contributed by atoms with Crippen molar-refractivity contribution in [3.63, 3.8) is 0 Å². The Bertz CT molecular complexity index is 2330. The third kappa shape index (κ3) is 5.79. The van der Waals surface area contributed by atoms with E-state index in [1.807, 2.05) is 73.8 Å². The molecule has 4 aromatic heterocycles. The Hall–Kier alpha value is -5.56. The normalized spacial score (nSPS) is 12.2. The molecule has 0 bridgehead atoms. The second-order valence-corrected chi connectivity index (χ2v) is 14.7. The van der Waals surface area contributed by atoms with E-state index in [1.54, 1.807) is 6.20 Å². The number of rotatable bonds is 5. The number of aromatic nitrogens is 4. The summed E-state index contributed by atoms with van der Waals surface area (Å²) >= 11 is 0. The highest BCUT2D eigenvalue weighted by Gasteiger charge is 2.29. The number of para-hydroxylation sites is 1. The summed E-state index contributed by atoms with van der Waals surface area (Å²) in [5, 5.41) is 12.9. The molecule has 0 amide bonds. The van der Waals surface area contributed by atoms with Gasteiger partial charge in [-0.15, -0.1) is 0 Å². The minimum Gasteiger partial charge on any atom is -0.507 e. The van der Waals surface area contributed by atoms with Crippen molar-refractivity contribution in [1.82, 2.24) is 19.9 Å². The van der Waals surface area contributed by atoms with Crippen molar-refractivity contribution in [3.05, 3.63) is 120 Å². The number of benzene rings is 3. The van der Waals surface area contributed by atoms with E-state index in [0.717, 1.165) is 50.5 Å². The van der Waals surface area contributed by atoms with Crippen LogP contribution in [0.2, 0.25) is 0 Å². The van der Waals surface area contributed by atoms with Gasteiger partial charge >= 0.3 is 0 Å². The summed E-state index contributed by atoms with van der Waals surface area (Å²) < 4.78 is 6.48. The van der Waals surface area contributed by atoms with Crippen molar-refractivity contribution < 1.29 is 9.52 Å². The number of furan rings is 1. The molecule has 0 aliphatic rings. The van der Waals surface area contributed by atoms with Gasteiger partial charge in [-0.1, -0.05) is 77.9 Å². The van der Waals surface area contributed by atoms with E-state index in [0.29, 0.717) is 33.8 Å². The van der Waals surface area contributed by atoms with Gasteiger partial charge in [-0.05, 0) is 84.3 Å². The molecule has 0 aliphatic heterocycles. The molecule has 3 aromatic carbocycles. The molecule has 0 aliphatic carbocycles. The van der Waals surface area contributed by atoms with Crippen molar-refractivity contribution in [2.45, 2.75) is 66.2 Å². The summed E-state index contributed by atoms with van der Waals surface area (Å²) in [6.45, 7) is 17.0. The molecule has 0 saturated heterocycles. The molecule has 0 saturated carbocycles. The number of hydrogen-bond donors (Lipinski definition) is 1. The lowest BCUT2D eigenvalue weighted by Gasteiger charge is -2.27. The molecule has 7 nitrogen and oxygen atoms in total. The van der Waals surface area contributed by atoms with E-state index >= 15 is 0 Å². The molecule has 7 aromatic rings. The maximum atomic E-state index is 12.0. The third-order valence-electron chi connectivity index (χ3n) is 9.03. The molecule has 4 heterocycles. The molecule has 0 atom stereocenters. The second kappa shape index (κ2) is 11.8. The largest absolute Gasteiger partial charge is 0.507 e. The van der Waals surface area contributed by atoms with E-state index in [-0.39, 0.29) is 16.6 Å². The highest BCUT2D eigenvalue weighted by atomic mass is 16.3. The fourth-order valence-electron chi connectivity index (χ4n) is 6.39. The number of aryl methyl sites for hydroxylation is 2. The Kier molecular flexibility index (Phi) is 7.74. The third-order valence-corrected chi connectivity index (χ3v) is 9.03. The monoisotopic (exact) mass is 647 g/mol. The molecule has 7 heteroatoms. The maximum Gasteiger partial charge on any atom is 0.180 e. The molecule has 0 fully saturated rings. The van der Waals surface area contributed by atoms with E-state index in [4.69, 9.17) is 19.4 Å². The Morgan fingerprint density at radius 1 is 0.735 bits per heavy atom. The minimum absolute atomic E-state index is 0.170. The SMILES string of the molecule is Cc1ccnc(C)c1N(c1cccc(-c2nc(-c3cc(C(C)(C)C)cc(C(C)(C)C)c3O)c3oc4ccccc4c3n2)c1)c1ccccn1. The number of phenolic OH excluding ortho intramolecular Hbond substituents is 1. The van der Waals surface area contributed by atoms with Crippen LogP contribution in [0, 0.1) is 13.8 Å². The van der Waals surface area contributed by atoms with Crippen LogP contribution in [0.4, 0.5) is 17.2 Å². The van der Waals surface area contributed by atoms with Crippen molar-refractivity contribution in [2.24, 2.45) is 0 Å². The lowest BCUT2D eigenvalue weighted by atomic mass is 9.78. The minimum atomic E-state index is -0.311. The lowest BCUT2D eigenvalue weighted by molar-refractivity contribution is 0.446. The highest BCUT2D eigenvalue weighted by Crippen LogP contribution is 2.45. The van der Waals surface area contributed by atoms with Gasteiger partial charge < -0.3 is 9.52 Å². The fraction of sp³-hybridized carbons (Fsp3) is 0.238. The lowest BCUT2D eigenvalue weighted by Crippen LogP contribution is -2.17. The maximum absolute atomic E-state index is 12.0. The number of fused-ring (bicyclic) bond motifs is 3. The first kappa shape index (κ1) is 32.0. The van der Waals surface area contributed by atoms with Gasteiger partial charge in [-0.2, -0.15) is 0 Å². The Morgan fingerprint density at radius 2 is 1.51 bits per heavy atom. The van der Waals surface area contributed by atoms with Gasteiger partial charge in [0.2, 0.25) is 0 Å². The van der Waals surface area contributed by atoms with Crippen molar-refractivity contribution in [2.75, 3.05) is 4.90 Å². The van der Waals surface area contributed by atoms with Crippen LogP contribution in [0.15, 0.2) is 102 Å². The zero-order chi connectivity index (χ0) is 34.7. The van der Waals surface area contributed by atoms with Gasteiger partial charge in [-0.25, -0.2) is 15.0 Å². The van der Waals surface area contributed by atoms with E-state index in [2.05, 4.69) is 82.6 Å². The number of aromatic hydroxyl groups is 1. The van der Waals surface area contributed by atoms with Gasteiger partial charge in [0, 0.05) is 40.2 Å². The number of anilines is 3. The van der Waals surface area contributed by atoms with Crippen LogP contribution >= 0.6 is 0 Å². The standard InChI is InChI=1S/C42H41N5O2/c1-25-19-21-43-26(2)37(25)47(34-18-11-12-20-44-34)29-15-13-14-27(22-29)40-45-35-30-16-9-10-17-33(30)49-39(35)36(46-40)31-23-28(41(3,4)5)24-32(38(31)48)42(6,7)8/h9-24,48H,1-8H3. The van der Waals surface area contributed by atoms with E-state index in [1.165, 1.54) is 0 Å². The summed E-state index contributed by atoms with van der Waals surface area (Å²) in [5.74, 6) is 1.49. The first-order chi connectivity index (χ1) is 23.3. The van der Waals surface area contributed by atoms with Gasteiger partial charge in [0.15, 0.2) is 11.4 Å². The summed E-state index contributed by atoms with van der Waals surface area (Å²) in [6, 6.07) is 28.1. The average molecular weight is 648 g/mol. The summed E-state index contributed by atoms with van der Waals surface area (Å²) in [7, 11) is 0. The topological polar surface area (TPSA) is 88.2 Å². The number of hydrogen-bond acceptors (Lipinski definition) is 7. The second-order valence-electron chi connectivity index (χ2n) is 14.7. The Labute approximate surface area is 287 Å². The van der Waals surface area contributed by atoms with Crippen LogP contribution in [0.3, 0.4) is 0 Å². The van der Waals surface area contributed by atoms with Crippen molar-refractivity contribution >= 4 is 39.3 Å². The molecule has 0 spiro atoms. The molecule has 7 rings (SSSR count). The summed E-state index contributed by atoms with van der Waals surface area (Å²) in [6.07, 6.45) is 3.63. The molecule has 0 radical (unpaired) electrons. The van der Waals surface area contributed by atoms with Gasteiger partial charge in [0.1, 0.15) is 28.4 Å². The Balaban J connectivity index is 1.51. The van der Waals surface area contributed by atoms with Crippen LogP contribution in [0.1, 0.15) is 63.9 Å². The van der Waals surface area contributed by atoms with Gasteiger partial charge in [0.05, 0.1) is 11.4 Å². The van der Waals surface area contributed by atoms with Crippen molar-refractivity contribution in [1.29, 1.82) is 0 Å². The number of pyridine rings is 2. The van der Waals surface area contributed by atoms with Crippen molar-refractivity contribution in [3.8, 4) is 28.4 Å². The number of nitrogens with zero attached hydrogens (tertiary/aromatic N) is 5.